The molecule has 0 aliphatic carbocycles. The minimum absolute atomic E-state index is 0.191. The summed E-state index contributed by atoms with van der Waals surface area (Å²) < 4.78 is 49.2. The van der Waals surface area contributed by atoms with Gasteiger partial charge < -0.3 is 5.32 Å². The maximum atomic E-state index is 12.9. The summed E-state index contributed by atoms with van der Waals surface area (Å²) in [5.74, 6) is -0.460. The van der Waals surface area contributed by atoms with E-state index in [2.05, 4.69) is 5.32 Å². The standard InChI is InChI=1S/C21H28N2O5S2/c1-14-7-10-19(13-15(14)2)23(30(6,27)28)17(4)21(24)22-16(3)18-8-11-20(12-9-18)29(5,25)26/h7-13,16-17H,1-6H3,(H,22,24)/t16-,17+/m1/s1. The molecule has 2 aromatic rings. The number of nitrogens with zero attached hydrogens (tertiary/aromatic N) is 1. The van der Waals surface area contributed by atoms with Crippen LogP contribution in [0.1, 0.15) is 36.6 Å². The van der Waals surface area contributed by atoms with Crippen molar-refractivity contribution in [2.75, 3.05) is 16.8 Å². The molecule has 0 fully saturated rings. The Labute approximate surface area is 179 Å². The maximum absolute atomic E-state index is 12.9. The molecule has 2 aromatic carbocycles. The molecular weight excluding hydrogens is 424 g/mol. The molecule has 0 aliphatic heterocycles. The fourth-order valence-corrected chi connectivity index (χ4v) is 4.89. The van der Waals surface area contributed by atoms with Gasteiger partial charge in [-0.3, -0.25) is 9.10 Å². The molecule has 0 saturated carbocycles. The highest BCUT2D eigenvalue weighted by Crippen LogP contribution is 2.24. The lowest BCUT2D eigenvalue weighted by Gasteiger charge is -2.29. The fourth-order valence-electron chi connectivity index (χ4n) is 3.09. The molecule has 7 nitrogen and oxygen atoms in total. The third kappa shape index (κ3) is 5.60. The average molecular weight is 453 g/mol. The van der Waals surface area contributed by atoms with Gasteiger partial charge in [-0.1, -0.05) is 18.2 Å². The normalized spacial score (nSPS) is 14.1. The quantitative estimate of drug-likeness (QED) is 0.696. The van der Waals surface area contributed by atoms with E-state index < -0.39 is 37.9 Å². The molecular formula is C21H28N2O5S2. The van der Waals surface area contributed by atoms with Gasteiger partial charge in [-0.2, -0.15) is 0 Å². The van der Waals surface area contributed by atoms with Crippen LogP contribution >= 0.6 is 0 Å². The Hall–Kier alpha value is -2.39. The molecule has 0 radical (unpaired) electrons. The molecule has 1 amide bonds. The third-order valence-electron chi connectivity index (χ3n) is 5.00. The summed E-state index contributed by atoms with van der Waals surface area (Å²) in [5.41, 5.74) is 3.08. The van der Waals surface area contributed by atoms with Crippen molar-refractivity contribution < 1.29 is 21.6 Å². The first-order chi connectivity index (χ1) is 13.7. The first kappa shape index (κ1) is 23.9. The summed E-state index contributed by atoms with van der Waals surface area (Å²) in [4.78, 5) is 13.0. The molecule has 30 heavy (non-hydrogen) atoms. The Morgan fingerprint density at radius 1 is 0.900 bits per heavy atom. The maximum Gasteiger partial charge on any atom is 0.244 e. The zero-order valence-corrected chi connectivity index (χ0v) is 19.6. The second-order valence-electron chi connectivity index (χ2n) is 7.57. The molecule has 0 spiro atoms. The Morgan fingerprint density at radius 3 is 1.93 bits per heavy atom. The Balaban J connectivity index is 2.25. The average Bonchev–Trinajstić information content (AvgIpc) is 2.63. The van der Waals surface area contributed by atoms with Crippen LogP contribution in [0.5, 0.6) is 0 Å². The number of aryl methyl sites for hydroxylation is 2. The van der Waals surface area contributed by atoms with Crippen molar-refractivity contribution in [1.29, 1.82) is 0 Å². The van der Waals surface area contributed by atoms with Gasteiger partial charge in [-0.15, -0.1) is 0 Å². The lowest BCUT2D eigenvalue weighted by molar-refractivity contribution is -0.122. The number of rotatable bonds is 7. The summed E-state index contributed by atoms with van der Waals surface area (Å²) in [5, 5.41) is 2.81. The zero-order chi connectivity index (χ0) is 22.9. The highest BCUT2D eigenvalue weighted by molar-refractivity contribution is 7.92. The van der Waals surface area contributed by atoms with E-state index in [4.69, 9.17) is 0 Å². The summed E-state index contributed by atoms with van der Waals surface area (Å²) in [6.07, 6.45) is 2.20. The second-order valence-corrected chi connectivity index (χ2v) is 11.4. The van der Waals surface area contributed by atoms with Crippen LogP contribution in [0.15, 0.2) is 47.4 Å². The van der Waals surface area contributed by atoms with Crippen LogP contribution in [0.25, 0.3) is 0 Å². The van der Waals surface area contributed by atoms with Gasteiger partial charge in [0.2, 0.25) is 15.9 Å². The van der Waals surface area contributed by atoms with Gasteiger partial charge >= 0.3 is 0 Å². The number of hydrogen-bond acceptors (Lipinski definition) is 5. The van der Waals surface area contributed by atoms with E-state index in [0.29, 0.717) is 11.3 Å². The number of sulfonamides is 1. The second kappa shape index (κ2) is 8.77. The lowest BCUT2D eigenvalue weighted by atomic mass is 10.1. The van der Waals surface area contributed by atoms with Crippen molar-refractivity contribution in [2.45, 2.75) is 44.7 Å². The minimum atomic E-state index is -3.71. The van der Waals surface area contributed by atoms with E-state index in [9.17, 15) is 21.6 Å². The van der Waals surface area contributed by atoms with Gasteiger partial charge in [-0.25, -0.2) is 16.8 Å². The summed E-state index contributed by atoms with van der Waals surface area (Å²) >= 11 is 0. The topological polar surface area (TPSA) is 101 Å². The molecule has 9 heteroatoms. The van der Waals surface area contributed by atoms with Crippen molar-refractivity contribution in [3.05, 3.63) is 59.2 Å². The van der Waals surface area contributed by atoms with Crippen molar-refractivity contribution in [1.82, 2.24) is 5.32 Å². The van der Waals surface area contributed by atoms with Crippen LogP contribution in [0, 0.1) is 13.8 Å². The summed E-state index contributed by atoms with van der Waals surface area (Å²) in [6.45, 7) is 7.09. The van der Waals surface area contributed by atoms with E-state index in [1.165, 1.54) is 19.1 Å². The largest absolute Gasteiger partial charge is 0.348 e. The lowest BCUT2D eigenvalue weighted by Crippen LogP contribution is -2.48. The molecule has 0 heterocycles. The van der Waals surface area contributed by atoms with E-state index >= 15 is 0 Å². The molecule has 0 saturated heterocycles. The smallest absolute Gasteiger partial charge is 0.244 e. The molecule has 1 N–H and O–H groups in total. The predicted molar refractivity (Wildman–Crippen MR) is 119 cm³/mol. The molecule has 0 bridgehead atoms. The Kier molecular flexibility index (Phi) is 6.98. The van der Waals surface area contributed by atoms with Gasteiger partial charge in [0.25, 0.3) is 0 Å². The van der Waals surface area contributed by atoms with Crippen LogP contribution in [0.3, 0.4) is 0 Å². The number of carbonyl (C=O) groups is 1. The fraction of sp³-hybridized carbons (Fsp3) is 0.381. The molecule has 164 valence electrons. The number of anilines is 1. The van der Waals surface area contributed by atoms with E-state index in [0.717, 1.165) is 27.9 Å². The first-order valence-corrected chi connectivity index (χ1v) is 13.1. The number of carbonyl (C=O) groups excluding carboxylic acids is 1. The Morgan fingerprint density at radius 2 is 1.47 bits per heavy atom. The summed E-state index contributed by atoms with van der Waals surface area (Å²) in [7, 11) is -7.02. The van der Waals surface area contributed by atoms with Crippen LogP contribution in [0.2, 0.25) is 0 Å². The molecule has 0 aromatic heterocycles. The number of sulfone groups is 1. The Bertz CT molecular complexity index is 1140. The van der Waals surface area contributed by atoms with Crippen LogP contribution in [-0.2, 0) is 24.7 Å². The molecule has 2 atom stereocenters. The molecule has 0 aliphatic rings. The monoisotopic (exact) mass is 452 g/mol. The van der Waals surface area contributed by atoms with Gasteiger partial charge in [0.05, 0.1) is 22.9 Å². The minimum Gasteiger partial charge on any atom is -0.348 e. The van der Waals surface area contributed by atoms with Crippen molar-refractivity contribution in [3.63, 3.8) is 0 Å². The molecule has 0 unspecified atom stereocenters. The van der Waals surface area contributed by atoms with Gasteiger partial charge in [-0.05, 0) is 68.7 Å². The van der Waals surface area contributed by atoms with Crippen LogP contribution < -0.4 is 9.62 Å². The summed E-state index contributed by atoms with van der Waals surface area (Å²) in [6, 6.07) is 10.1. The third-order valence-corrected chi connectivity index (χ3v) is 7.37. The van der Waals surface area contributed by atoms with Gasteiger partial charge in [0, 0.05) is 6.26 Å². The van der Waals surface area contributed by atoms with Crippen molar-refractivity contribution >= 4 is 31.5 Å². The van der Waals surface area contributed by atoms with Crippen molar-refractivity contribution in [2.24, 2.45) is 0 Å². The SMILES string of the molecule is Cc1ccc(N([C@@H](C)C(=O)N[C@H](C)c2ccc(S(C)(=O)=O)cc2)S(C)(=O)=O)cc1C. The zero-order valence-electron chi connectivity index (χ0n) is 18.0. The van der Waals surface area contributed by atoms with E-state index in [1.807, 2.05) is 19.9 Å². The van der Waals surface area contributed by atoms with Gasteiger partial charge in [0.1, 0.15) is 6.04 Å². The van der Waals surface area contributed by atoms with E-state index in [-0.39, 0.29) is 4.90 Å². The van der Waals surface area contributed by atoms with E-state index in [1.54, 1.807) is 31.2 Å². The van der Waals surface area contributed by atoms with Gasteiger partial charge in [0.15, 0.2) is 9.84 Å². The first-order valence-electron chi connectivity index (χ1n) is 9.39. The number of nitrogens with one attached hydrogen (secondary N) is 1. The highest BCUT2D eigenvalue weighted by atomic mass is 32.2. The van der Waals surface area contributed by atoms with Crippen molar-refractivity contribution in [3.8, 4) is 0 Å². The van der Waals surface area contributed by atoms with Crippen LogP contribution in [-0.4, -0.2) is 41.3 Å². The highest BCUT2D eigenvalue weighted by Gasteiger charge is 2.30. The predicted octanol–water partition coefficient (Wildman–Crippen LogP) is 2.74. The number of amides is 1. The van der Waals surface area contributed by atoms with Crippen LogP contribution in [0.4, 0.5) is 5.69 Å². The number of hydrogen-bond donors (Lipinski definition) is 1. The molecule has 2 rings (SSSR count). The number of benzene rings is 2.